The van der Waals surface area contributed by atoms with Crippen molar-refractivity contribution in [2.24, 2.45) is 11.3 Å². The van der Waals surface area contributed by atoms with Crippen LogP contribution < -0.4 is 10.6 Å². The second-order valence-electron chi connectivity index (χ2n) is 7.32. The van der Waals surface area contributed by atoms with Crippen LogP contribution in [0.2, 0.25) is 0 Å². The minimum atomic E-state index is -1.09. The Balaban J connectivity index is 4.41. The molecule has 0 spiro atoms. The second kappa shape index (κ2) is 13.1. The summed E-state index contributed by atoms with van der Waals surface area (Å²) in [6, 6.07) is 0. The van der Waals surface area contributed by atoms with Crippen molar-refractivity contribution in [2.45, 2.75) is 72.1 Å². The van der Waals surface area contributed by atoms with E-state index in [1.165, 1.54) is 0 Å². The lowest BCUT2D eigenvalue weighted by atomic mass is 9.78. The Morgan fingerprint density at radius 3 is 2.19 bits per heavy atom. The van der Waals surface area contributed by atoms with Gasteiger partial charge in [-0.2, -0.15) is 0 Å². The van der Waals surface area contributed by atoms with Gasteiger partial charge in [0.15, 0.2) is 0 Å². The third-order valence-corrected chi connectivity index (χ3v) is 4.69. The molecule has 156 valence electrons. The lowest BCUT2D eigenvalue weighted by Gasteiger charge is -2.29. The van der Waals surface area contributed by atoms with Crippen LogP contribution in [0.5, 0.6) is 0 Å². The molecule has 8 heteroatoms. The van der Waals surface area contributed by atoms with Crippen LogP contribution in [0.25, 0.3) is 0 Å². The summed E-state index contributed by atoms with van der Waals surface area (Å²) in [7, 11) is 0. The average molecular weight is 386 g/mol. The Bertz CT molecular complexity index is 508. The Morgan fingerprint density at radius 2 is 1.63 bits per heavy atom. The molecule has 0 saturated carbocycles. The van der Waals surface area contributed by atoms with Gasteiger partial charge in [0.2, 0.25) is 11.8 Å². The summed E-state index contributed by atoms with van der Waals surface area (Å²) in [6.07, 6.45) is 4.78. The number of amides is 2. The number of hydrogen-bond donors (Lipinski definition) is 4. The largest absolute Gasteiger partial charge is 0.481 e. The molecule has 2 unspecified atom stereocenters. The van der Waals surface area contributed by atoms with E-state index in [9.17, 15) is 19.2 Å². The van der Waals surface area contributed by atoms with Crippen molar-refractivity contribution >= 4 is 23.8 Å². The molecule has 0 aromatic heterocycles. The van der Waals surface area contributed by atoms with Gasteiger partial charge in [0.25, 0.3) is 0 Å². The van der Waals surface area contributed by atoms with Gasteiger partial charge in [-0.1, -0.05) is 33.6 Å². The molecule has 0 heterocycles. The molecule has 27 heavy (non-hydrogen) atoms. The number of nitrogens with one attached hydrogen (secondary N) is 2. The zero-order chi connectivity index (χ0) is 20.9. The number of carbonyl (C=O) groups excluding carboxylic acids is 2. The van der Waals surface area contributed by atoms with Crippen LogP contribution in [-0.2, 0) is 19.2 Å². The molecule has 0 aliphatic heterocycles. The molecule has 0 aliphatic rings. The van der Waals surface area contributed by atoms with Crippen molar-refractivity contribution in [3.63, 3.8) is 0 Å². The number of carboxylic acid groups (broad SMARTS) is 2. The molecular formula is C19H34N2O6. The lowest BCUT2D eigenvalue weighted by molar-refractivity contribution is -0.138. The Labute approximate surface area is 161 Å². The number of aliphatic carboxylic acids is 2. The van der Waals surface area contributed by atoms with E-state index >= 15 is 0 Å². The number of unbranched alkanes of at least 4 members (excludes halogenated alkanes) is 2. The number of hydrogen-bond acceptors (Lipinski definition) is 4. The molecule has 0 aromatic carbocycles. The van der Waals surface area contributed by atoms with E-state index in [-0.39, 0.29) is 24.2 Å². The quantitative estimate of drug-likeness (QED) is 0.319. The minimum absolute atomic E-state index is 0.0549. The highest BCUT2D eigenvalue weighted by atomic mass is 16.4. The Hall–Kier alpha value is -2.12. The summed E-state index contributed by atoms with van der Waals surface area (Å²) >= 11 is 0. The van der Waals surface area contributed by atoms with Crippen LogP contribution in [0.4, 0.5) is 0 Å². The maximum atomic E-state index is 12.6. The van der Waals surface area contributed by atoms with Gasteiger partial charge in [0, 0.05) is 24.3 Å². The molecular weight excluding hydrogens is 352 g/mol. The third kappa shape index (κ3) is 11.2. The fraction of sp³-hybridized carbons (Fsp3) is 0.789. The minimum Gasteiger partial charge on any atom is -0.481 e. The van der Waals surface area contributed by atoms with Gasteiger partial charge >= 0.3 is 11.9 Å². The first-order chi connectivity index (χ1) is 12.6. The molecule has 0 saturated heterocycles. The van der Waals surface area contributed by atoms with Crippen molar-refractivity contribution in [1.82, 2.24) is 10.6 Å². The molecule has 4 N–H and O–H groups in total. The first-order valence-corrected chi connectivity index (χ1v) is 9.62. The van der Waals surface area contributed by atoms with Gasteiger partial charge in [0.1, 0.15) is 6.54 Å². The van der Waals surface area contributed by atoms with Crippen molar-refractivity contribution in [2.75, 3.05) is 13.1 Å². The molecule has 0 aromatic rings. The van der Waals surface area contributed by atoms with E-state index in [4.69, 9.17) is 10.2 Å². The van der Waals surface area contributed by atoms with Crippen LogP contribution >= 0.6 is 0 Å². The van der Waals surface area contributed by atoms with E-state index in [1.807, 2.05) is 13.8 Å². The first-order valence-electron chi connectivity index (χ1n) is 9.62. The van der Waals surface area contributed by atoms with Crippen molar-refractivity contribution in [3.8, 4) is 0 Å². The zero-order valence-corrected chi connectivity index (χ0v) is 16.7. The van der Waals surface area contributed by atoms with E-state index in [1.54, 1.807) is 6.92 Å². The van der Waals surface area contributed by atoms with Crippen LogP contribution in [0.15, 0.2) is 0 Å². The molecule has 0 fully saturated rings. The highest BCUT2D eigenvalue weighted by molar-refractivity contribution is 5.83. The highest BCUT2D eigenvalue weighted by Gasteiger charge is 2.32. The SMILES string of the molecule is CCCC(C)(CCC(C)C(=O)NCC(=O)O)C(=O)NCCCCCC(=O)O. The fourth-order valence-electron chi connectivity index (χ4n) is 2.90. The average Bonchev–Trinajstić information content (AvgIpc) is 2.60. The van der Waals surface area contributed by atoms with Gasteiger partial charge < -0.3 is 20.8 Å². The Morgan fingerprint density at radius 1 is 0.963 bits per heavy atom. The summed E-state index contributed by atoms with van der Waals surface area (Å²) in [5.41, 5.74) is -0.586. The third-order valence-electron chi connectivity index (χ3n) is 4.69. The van der Waals surface area contributed by atoms with E-state index in [0.717, 1.165) is 19.3 Å². The summed E-state index contributed by atoms with van der Waals surface area (Å²) < 4.78 is 0. The van der Waals surface area contributed by atoms with Crippen molar-refractivity contribution in [1.29, 1.82) is 0 Å². The lowest BCUT2D eigenvalue weighted by Crippen LogP contribution is -2.40. The summed E-state index contributed by atoms with van der Waals surface area (Å²) in [5, 5.41) is 22.5. The number of carboxylic acids is 2. The number of carbonyl (C=O) groups is 4. The van der Waals surface area contributed by atoms with Crippen LogP contribution in [-0.4, -0.2) is 47.1 Å². The molecule has 8 nitrogen and oxygen atoms in total. The molecule has 2 atom stereocenters. The summed E-state index contributed by atoms with van der Waals surface area (Å²) in [6.45, 7) is 5.71. The van der Waals surface area contributed by atoms with Gasteiger partial charge in [-0.05, 0) is 32.1 Å². The molecule has 0 bridgehead atoms. The topological polar surface area (TPSA) is 133 Å². The smallest absolute Gasteiger partial charge is 0.322 e. The van der Waals surface area contributed by atoms with Crippen LogP contribution in [0.3, 0.4) is 0 Å². The monoisotopic (exact) mass is 386 g/mol. The Kier molecular flexibility index (Phi) is 12.1. The van der Waals surface area contributed by atoms with Crippen LogP contribution in [0.1, 0.15) is 72.1 Å². The predicted octanol–water partition coefficient (Wildman–Crippen LogP) is 2.17. The normalized spacial score (nSPS) is 14.0. The summed E-state index contributed by atoms with van der Waals surface area (Å²) in [5.74, 6) is -2.65. The molecule has 0 aliphatic carbocycles. The van der Waals surface area contributed by atoms with Crippen LogP contribution in [0, 0.1) is 11.3 Å². The summed E-state index contributed by atoms with van der Waals surface area (Å²) in [4.78, 5) is 45.5. The van der Waals surface area contributed by atoms with E-state index in [2.05, 4.69) is 10.6 Å². The number of rotatable bonds is 15. The second-order valence-corrected chi connectivity index (χ2v) is 7.32. The molecule has 2 amide bonds. The molecule has 0 radical (unpaired) electrons. The van der Waals surface area contributed by atoms with Gasteiger partial charge in [-0.15, -0.1) is 0 Å². The van der Waals surface area contributed by atoms with Gasteiger partial charge in [-0.25, -0.2) is 0 Å². The fourth-order valence-corrected chi connectivity index (χ4v) is 2.90. The van der Waals surface area contributed by atoms with E-state index < -0.39 is 23.9 Å². The highest BCUT2D eigenvalue weighted by Crippen LogP contribution is 2.31. The maximum absolute atomic E-state index is 12.6. The van der Waals surface area contributed by atoms with Gasteiger partial charge in [-0.3, -0.25) is 19.2 Å². The van der Waals surface area contributed by atoms with Crippen molar-refractivity contribution in [3.05, 3.63) is 0 Å². The van der Waals surface area contributed by atoms with Gasteiger partial charge in [0.05, 0.1) is 0 Å². The first kappa shape index (κ1) is 24.9. The maximum Gasteiger partial charge on any atom is 0.322 e. The van der Waals surface area contributed by atoms with Crippen molar-refractivity contribution < 1.29 is 29.4 Å². The molecule has 0 rings (SSSR count). The standard InChI is InChI=1S/C19H34N2O6/c1-4-10-19(3,11-9-14(2)17(26)21-13-16(24)25)18(27)20-12-7-5-6-8-15(22)23/h14H,4-13H2,1-3H3,(H,20,27)(H,21,26)(H,22,23)(H,24,25). The predicted molar refractivity (Wildman–Crippen MR) is 101 cm³/mol. The zero-order valence-electron chi connectivity index (χ0n) is 16.7. The van der Waals surface area contributed by atoms with E-state index in [0.29, 0.717) is 32.2 Å².